The van der Waals surface area contributed by atoms with Crippen molar-refractivity contribution in [1.82, 2.24) is 4.98 Å². The molecular formula is C13H18ClN2+. The second-order valence-electron chi connectivity index (χ2n) is 5.68. The molecule has 2 saturated heterocycles. The zero-order chi connectivity index (χ0) is 11.3. The number of pyridine rings is 1. The first-order valence-corrected chi connectivity index (χ1v) is 6.41. The summed E-state index contributed by atoms with van der Waals surface area (Å²) in [5.74, 6) is 0.693. The molecular weight excluding hydrogens is 220 g/mol. The standard InChI is InChI=1S/C13H18ClN2/c1-16(2)10-4-5-12(16)11(7-10)9-3-6-13(14)15-8-9/h3,6,8,10-12H,4-5,7H2,1-2H3/q+1. The van der Waals surface area contributed by atoms with Gasteiger partial charge in [0.15, 0.2) is 0 Å². The molecule has 2 aliphatic rings. The molecule has 2 fully saturated rings. The normalized spacial score (nSPS) is 35.6. The van der Waals surface area contributed by atoms with Crippen LogP contribution in [0.25, 0.3) is 0 Å². The molecule has 2 nitrogen and oxygen atoms in total. The maximum absolute atomic E-state index is 5.84. The van der Waals surface area contributed by atoms with Crippen molar-refractivity contribution in [1.29, 1.82) is 0 Å². The van der Waals surface area contributed by atoms with Crippen LogP contribution in [0.5, 0.6) is 0 Å². The van der Waals surface area contributed by atoms with E-state index in [0.29, 0.717) is 11.1 Å². The molecule has 86 valence electrons. The molecule has 0 radical (unpaired) electrons. The minimum Gasteiger partial charge on any atom is -0.323 e. The number of hydrogen-bond acceptors (Lipinski definition) is 1. The lowest BCUT2D eigenvalue weighted by Crippen LogP contribution is -2.44. The van der Waals surface area contributed by atoms with Crippen molar-refractivity contribution in [2.75, 3.05) is 14.1 Å². The van der Waals surface area contributed by atoms with Gasteiger partial charge in [0.05, 0.1) is 26.2 Å². The number of aromatic nitrogens is 1. The molecule has 3 unspecified atom stereocenters. The Morgan fingerprint density at radius 3 is 2.62 bits per heavy atom. The molecule has 3 heterocycles. The van der Waals surface area contributed by atoms with Crippen molar-refractivity contribution in [2.24, 2.45) is 0 Å². The summed E-state index contributed by atoms with van der Waals surface area (Å²) in [6, 6.07) is 5.71. The van der Waals surface area contributed by atoms with Crippen LogP contribution in [-0.4, -0.2) is 35.6 Å². The largest absolute Gasteiger partial charge is 0.323 e. The van der Waals surface area contributed by atoms with Crippen LogP contribution in [-0.2, 0) is 0 Å². The van der Waals surface area contributed by atoms with Crippen molar-refractivity contribution in [3.05, 3.63) is 29.0 Å². The zero-order valence-electron chi connectivity index (χ0n) is 9.86. The molecule has 16 heavy (non-hydrogen) atoms. The first-order valence-electron chi connectivity index (χ1n) is 6.04. The lowest BCUT2D eigenvalue weighted by Gasteiger charge is -2.31. The topological polar surface area (TPSA) is 12.9 Å². The third-order valence-corrected chi connectivity index (χ3v) is 4.98. The smallest absolute Gasteiger partial charge is 0.129 e. The van der Waals surface area contributed by atoms with Crippen LogP contribution >= 0.6 is 11.6 Å². The molecule has 2 aliphatic heterocycles. The van der Waals surface area contributed by atoms with Gasteiger partial charge in [-0.05, 0) is 11.6 Å². The fourth-order valence-corrected chi connectivity index (χ4v) is 3.88. The van der Waals surface area contributed by atoms with Crippen LogP contribution in [0, 0.1) is 0 Å². The van der Waals surface area contributed by atoms with Gasteiger partial charge in [0.2, 0.25) is 0 Å². The Morgan fingerprint density at radius 1 is 1.31 bits per heavy atom. The number of nitrogens with zero attached hydrogens (tertiary/aromatic N) is 2. The Morgan fingerprint density at radius 2 is 2.12 bits per heavy atom. The summed E-state index contributed by atoms with van der Waals surface area (Å²) in [5.41, 5.74) is 1.38. The summed E-state index contributed by atoms with van der Waals surface area (Å²) in [6.45, 7) is 0. The number of hydrogen-bond donors (Lipinski definition) is 0. The summed E-state index contributed by atoms with van der Waals surface area (Å²) in [5, 5.41) is 0.598. The molecule has 1 aromatic heterocycles. The number of likely N-dealkylation sites (N-methyl/N-ethyl adjacent to an activating group) is 1. The predicted molar refractivity (Wildman–Crippen MR) is 65.5 cm³/mol. The van der Waals surface area contributed by atoms with Crippen molar-refractivity contribution >= 4 is 11.6 Å². The minimum absolute atomic E-state index is 0.598. The van der Waals surface area contributed by atoms with Gasteiger partial charge in [0.1, 0.15) is 5.15 Å². The van der Waals surface area contributed by atoms with Gasteiger partial charge in [-0.15, -0.1) is 0 Å². The summed E-state index contributed by atoms with van der Waals surface area (Å²) in [7, 11) is 4.76. The van der Waals surface area contributed by atoms with Crippen molar-refractivity contribution in [2.45, 2.75) is 37.3 Å². The van der Waals surface area contributed by atoms with Gasteiger partial charge in [-0.3, -0.25) is 0 Å². The molecule has 0 aliphatic carbocycles. The number of halogens is 1. The lowest BCUT2D eigenvalue weighted by atomic mass is 9.85. The highest BCUT2D eigenvalue weighted by molar-refractivity contribution is 6.29. The van der Waals surface area contributed by atoms with E-state index in [0.717, 1.165) is 12.1 Å². The van der Waals surface area contributed by atoms with E-state index in [9.17, 15) is 0 Å². The molecule has 0 spiro atoms. The van der Waals surface area contributed by atoms with Gasteiger partial charge >= 0.3 is 0 Å². The highest BCUT2D eigenvalue weighted by Gasteiger charge is 2.54. The Balaban J connectivity index is 1.91. The van der Waals surface area contributed by atoms with Crippen LogP contribution in [0.2, 0.25) is 5.15 Å². The van der Waals surface area contributed by atoms with Crippen molar-refractivity contribution in [3.8, 4) is 0 Å². The fourth-order valence-electron chi connectivity index (χ4n) is 3.77. The SMILES string of the molecule is C[N+]1(C)C2CCC1C(c1ccc(Cl)nc1)C2. The maximum atomic E-state index is 5.84. The summed E-state index contributed by atoms with van der Waals surface area (Å²) < 4.78 is 1.20. The summed E-state index contributed by atoms with van der Waals surface area (Å²) >= 11 is 5.84. The van der Waals surface area contributed by atoms with Gasteiger partial charge in [0.25, 0.3) is 0 Å². The molecule has 0 aromatic carbocycles. The van der Waals surface area contributed by atoms with E-state index < -0.39 is 0 Å². The lowest BCUT2D eigenvalue weighted by molar-refractivity contribution is -0.912. The van der Waals surface area contributed by atoms with Crippen LogP contribution in [0.3, 0.4) is 0 Å². The molecule has 1 aromatic rings. The Hall–Kier alpha value is -0.600. The Kier molecular flexibility index (Phi) is 2.27. The molecule has 2 bridgehead atoms. The van der Waals surface area contributed by atoms with Gasteiger partial charge < -0.3 is 4.48 Å². The minimum atomic E-state index is 0.598. The molecule has 3 heteroatoms. The van der Waals surface area contributed by atoms with E-state index in [-0.39, 0.29) is 0 Å². The average molecular weight is 238 g/mol. The second kappa shape index (κ2) is 3.44. The zero-order valence-corrected chi connectivity index (χ0v) is 10.6. The maximum Gasteiger partial charge on any atom is 0.129 e. The van der Waals surface area contributed by atoms with E-state index in [4.69, 9.17) is 11.6 Å². The van der Waals surface area contributed by atoms with Crippen LogP contribution in [0.4, 0.5) is 0 Å². The summed E-state index contributed by atoms with van der Waals surface area (Å²) in [6.07, 6.45) is 6.05. The first kappa shape index (κ1) is 10.5. The fraction of sp³-hybridized carbons (Fsp3) is 0.615. The highest BCUT2D eigenvalue weighted by Crippen LogP contribution is 2.49. The highest BCUT2D eigenvalue weighted by atomic mass is 35.5. The average Bonchev–Trinajstić information content (AvgIpc) is 2.68. The van der Waals surface area contributed by atoms with E-state index in [1.807, 2.05) is 12.3 Å². The number of fused-ring (bicyclic) bond motifs is 2. The predicted octanol–water partition coefficient (Wildman–Crippen LogP) is 2.83. The number of quaternary nitrogens is 1. The number of rotatable bonds is 1. The van der Waals surface area contributed by atoms with E-state index in [2.05, 4.69) is 25.1 Å². The quantitative estimate of drug-likeness (QED) is 0.541. The van der Waals surface area contributed by atoms with Crippen molar-refractivity contribution < 1.29 is 4.48 Å². The van der Waals surface area contributed by atoms with Gasteiger partial charge in [-0.25, -0.2) is 4.98 Å². The van der Waals surface area contributed by atoms with Crippen LogP contribution in [0.15, 0.2) is 18.3 Å². The second-order valence-corrected chi connectivity index (χ2v) is 6.07. The van der Waals surface area contributed by atoms with E-state index in [1.54, 1.807) is 0 Å². The molecule has 0 saturated carbocycles. The molecule has 0 N–H and O–H groups in total. The van der Waals surface area contributed by atoms with Crippen molar-refractivity contribution in [3.63, 3.8) is 0 Å². The third kappa shape index (κ3) is 1.40. The van der Waals surface area contributed by atoms with Crippen LogP contribution < -0.4 is 0 Å². The first-order chi connectivity index (χ1) is 7.59. The van der Waals surface area contributed by atoms with Gasteiger partial charge in [-0.2, -0.15) is 0 Å². The molecule has 3 rings (SSSR count). The van der Waals surface area contributed by atoms with E-state index in [1.165, 1.54) is 29.3 Å². The summed E-state index contributed by atoms with van der Waals surface area (Å²) in [4.78, 5) is 4.21. The monoisotopic (exact) mass is 237 g/mol. The Bertz CT molecular complexity index is 399. The molecule has 0 amide bonds. The Labute approximate surface area is 102 Å². The molecule has 3 atom stereocenters. The van der Waals surface area contributed by atoms with Gasteiger partial charge in [0, 0.05) is 31.4 Å². The van der Waals surface area contributed by atoms with Crippen LogP contribution in [0.1, 0.15) is 30.7 Å². The van der Waals surface area contributed by atoms with E-state index >= 15 is 0 Å². The van der Waals surface area contributed by atoms with Gasteiger partial charge in [-0.1, -0.05) is 17.7 Å². The third-order valence-electron chi connectivity index (χ3n) is 4.76.